The third-order valence-corrected chi connectivity index (χ3v) is 2.46. The molecule has 98 valence electrons. The first kappa shape index (κ1) is 15.7. The first-order valence-electron chi connectivity index (χ1n) is 5.41. The zero-order chi connectivity index (χ0) is 12.8. The van der Waals surface area contributed by atoms with E-state index in [9.17, 15) is 13.2 Å². The van der Waals surface area contributed by atoms with Crippen LogP contribution in [0, 0.1) is 0 Å². The molecule has 3 nitrogen and oxygen atoms in total. The highest BCUT2D eigenvalue weighted by Crippen LogP contribution is 2.18. The van der Waals surface area contributed by atoms with Crippen LogP contribution >= 0.6 is 0 Å². The molecule has 1 atom stereocenters. The van der Waals surface area contributed by atoms with Gasteiger partial charge in [0.05, 0.1) is 0 Å². The highest BCUT2D eigenvalue weighted by Gasteiger charge is 2.37. The highest BCUT2D eigenvalue weighted by molar-refractivity contribution is 4.68. The van der Waals surface area contributed by atoms with Crippen LogP contribution in [0.5, 0.6) is 0 Å². The second-order valence-electron chi connectivity index (χ2n) is 4.19. The molecule has 0 amide bonds. The molecule has 0 aromatic rings. The van der Waals surface area contributed by atoms with E-state index < -0.39 is 18.8 Å². The van der Waals surface area contributed by atoms with Crippen LogP contribution in [0.3, 0.4) is 0 Å². The van der Waals surface area contributed by atoms with Gasteiger partial charge in [0.25, 0.3) is 0 Å². The predicted octanol–water partition coefficient (Wildman–Crippen LogP) is 1.23. The van der Waals surface area contributed by atoms with E-state index in [2.05, 4.69) is 24.1 Å². The molecule has 0 aromatic carbocycles. The van der Waals surface area contributed by atoms with E-state index in [-0.39, 0.29) is 0 Å². The van der Waals surface area contributed by atoms with Gasteiger partial charge in [-0.15, -0.1) is 0 Å². The number of halogens is 3. The molecule has 0 aliphatic heterocycles. The summed E-state index contributed by atoms with van der Waals surface area (Å²) in [5.74, 6) is 0. The van der Waals surface area contributed by atoms with Gasteiger partial charge >= 0.3 is 6.18 Å². The third kappa shape index (κ3) is 7.03. The second-order valence-corrected chi connectivity index (χ2v) is 4.19. The topological polar surface area (TPSA) is 35.5 Å². The molecule has 2 N–H and O–H groups in total. The van der Waals surface area contributed by atoms with Gasteiger partial charge in [0, 0.05) is 12.6 Å². The summed E-state index contributed by atoms with van der Waals surface area (Å²) in [6.07, 6.45) is -6.03. The van der Waals surface area contributed by atoms with E-state index in [1.54, 1.807) is 0 Å². The van der Waals surface area contributed by atoms with Crippen molar-refractivity contribution in [2.45, 2.75) is 38.6 Å². The van der Waals surface area contributed by atoms with Gasteiger partial charge in [0.2, 0.25) is 0 Å². The molecule has 1 unspecified atom stereocenters. The minimum atomic E-state index is -4.53. The molecule has 6 heteroatoms. The van der Waals surface area contributed by atoms with Crippen LogP contribution in [0.4, 0.5) is 13.2 Å². The Balaban J connectivity index is 3.48. The van der Waals surface area contributed by atoms with Crippen molar-refractivity contribution >= 4 is 0 Å². The molecule has 0 aliphatic carbocycles. The number of nitrogens with one attached hydrogen (secondary N) is 1. The largest absolute Gasteiger partial charge is 0.415 e. The Hall–Kier alpha value is -0.330. The fourth-order valence-corrected chi connectivity index (χ4v) is 1.07. The molecular weight excluding hydrogens is 221 g/mol. The molecule has 0 aromatic heterocycles. The van der Waals surface area contributed by atoms with Gasteiger partial charge in [-0.1, -0.05) is 0 Å². The predicted molar refractivity (Wildman–Crippen MR) is 57.3 cm³/mol. The zero-order valence-electron chi connectivity index (χ0n) is 10.0. The number of aliphatic hydroxyl groups excluding tert-OH is 1. The SMILES string of the molecule is CC(C)N(C)CCCNCC(O)C(F)(F)F. The van der Waals surface area contributed by atoms with Crippen LogP contribution in [-0.4, -0.2) is 55.0 Å². The molecule has 0 fully saturated rings. The first-order valence-corrected chi connectivity index (χ1v) is 5.41. The van der Waals surface area contributed by atoms with Gasteiger partial charge in [0.15, 0.2) is 6.10 Å². The molecule has 16 heavy (non-hydrogen) atoms. The number of aliphatic hydroxyl groups is 1. The molecular formula is C10H21F3N2O. The maximum atomic E-state index is 11.9. The lowest BCUT2D eigenvalue weighted by atomic mass is 10.3. The number of alkyl halides is 3. The van der Waals surface area contributed by atoms with Crippen molar-refractivity contribution in [1.29, 1.82) is 0 Å². The maximum absolute atomic E-state index is 11.9. The molecule has 0 aliphatic rings. The summed E-state index contributed by atoms with van der Waals surface area (Å²) in [7, 11) is 1.97. The van der Waals surface area contributed by atoms with Gasteiger partial charge < -0.3 is 15.3 Å². The molecule has 0 rings (SSSR count). The maximum Gasteiger partial charge on any atom is 0.415 e. The Labute approximate surface area is 94.6 Å². The molecule has 0 radical (unpaired) electrons. The standard InChI is InChI=1S/C10H21F3N2O/c1-8(2)15(3)6-4-5-14-7-9(16)10(11,12)13/h8-9,14,16H,4-7H2,1-3H3. The van der Waals surface area contributed by atoms with E-state index in [0.29, 0.717) is 12.6 Å². The Morgan fingerprint density at radius 2 is 1.88 bits per heavy atom. The fraction of sp³-hybridized carbons (Fsp3) is 1.00. The minimum absolute atomic E-state index is 0.431. The van der Waals surface area contributed by atoms with Crippen molar-refractivity contribution in [2.75, 3.05) is 26.7 Å². The second kappa shape index (κ2) is 7.09. The molecule has 0 saturated heterocycles. The van der Waals surface area contributed by atoms with Crippen LogP contribution in [-0.2, 0) is 0 Å². The normalized spacial score (nSPS) is 14.8. The van der Waals surface area contributed by atoms with Crippen molar-refractivity contribution in [2.24, 2.45) is 0 Å². The number of hydrogen-bond acceptors (Lipinski definition) is 3. The summed E-state index contributed by atoms with van der Waals surface area (Å²) in [6.45, 7) is 4.98. The van der Waals surface area contributed by atoms with Crippen molar-refractivity contribution in [3.05, 3.63) is 0 Å². The van der Waals surface area contributed by atoms with Gasteiger partial charge in [0.1, 0.15) is 0 Å². The van der Waals surface area contributed by atoms with Gasteiger partial charge in [-0.2, -0.15) is 13.2 Å². The van der Waals surface area contributed by atoms with Crippen LogP contribution < -0.4 is 5.32 Å². The highest BCUT2D eigenvalue weighted by atomic mass is 19.4. The van der Waals surface area contributed by atoms with Crippen LogP contribution in [0.15, 0.2) is 0 Å². The quantitative estimate of drug-likeness (QED) is 0.659. The van der Waals surface area contributed by atoms with E-state index >= 15 is 0 Å². The van der Waals surface area contributed by atoms with Crippen molar-refractivity contribution < 1.29 is 18.3 Å². The van der Waals surface area contributed by atoms with Crippen LogP contribution in [0.2, 0.25) is 0 Å². The Morgan fingerprint density at radius 1 is 1.31 bits per heavy atom. The van der Waals surface area contributed by atoms with E-state index in [4.69, 9.17) is 5.11 Å². The zero-order valence-corrected chi connectivity index (χ0v) is 10.0. The molecule has 0 spiro atoms. The van der Waals surface area contributed by atoms with Crippen LogP contribution in [0.25, 0.3) is 0 Å². The van der Waals surface area contributed by atoms with E-state index in [1.165, 1.54) is 0 Å². The lowest BCUT2D eigenvalue weighted by molar-refractivity contribution is -0.201. The third-order valence-electron chi connectivity index (χ3n) is 2.46. The average molecular weight is 242 g/mol. The average Bonchev–Trinajstić information content (AvgIpc) is 2.14. The summed E-state index contributed by atoms with van der Waals surface area (Å²) >= 11 is 0. The van der Waals surface area contributed by atoms with Crippen molar-refractivity contribution in [3.63, 3.8) is 0 Å². The number of nitrogens with zero attached hydrogens (tertiary/aromatic N) is 1. The molecule has 0 bridgehead atoms. The Bertz CT molecular complexity index is 185. The lowest BCUT2D eigenvalue weighted by Gasteiger charge is -2.21. The lowest BCUT2D eigenvalue weighted by Crippen LogP contribution is -2.39. The summed E-state index contributed by atoms with van der Waals surface area (Å²) in [5, 5.41) is 11.3. The smallest absolute Gasteiger partial charge is 0.382 e. The number of rotatable bonds is 7. The van der Waals surface area contributed by atoms with Gasteiger partial charge in [-0.05, 0) is 40.4 Å². The van der Waals surface area contributed by atoms with Gasteiger partial charge in [-0.3, -0.25) is 0 Å². The summed E-state index contributed by atoms with van der Waals surface area (Å²) in [5.41, 5.74) is 0. The fourth-order valence-electron chi connectivity index (χ4n) is 1.07. The Kier molecular flexibility index (Phi) is 6.94. The Morgan fingerprint density at radius 3 is 2.31 bits per heavy atom. The summed E-state index contributed by atoms with van der Waals surface area (Å²) in [4.78, 5) is 2.11. The first-order chi connectivity index (χ1) is 7.25. The summed E-state index contributed by atoms with van der Waals surface area (Å²) in [6, 6.07) is 0.431. The summed E-state index contributed by atoms with van der Waals surface area (Å²) < 4.78 is 35.7. The minimum Gasteiger partial charge on any atom is -0.382 e. The van der Waals surface area contributed by atoms with E-state index in [1.807, 2.05) is 7.05 Å². The van der Waals surface area contributed by atoms with Gasteiger partial charge in [-0.25, -0.2) is 0 Å². The molecule has 0 heterocycles. The molecule has 0 saturated carbocycles. The van der Waals surface area contributed by atoms with Crippen molar-refractivity contribution in [3.8, 4) is 0 Å². The van der Waals surface area contributed by atoms with Crippen LogP contribution in [0.1, 0.15) is 20.3 Å². The monoisotopic (exact) mass is 242 g/mol. The van der Waals surface area contributed by atoms with Crippen molar-refractivity contribution in [1.82, 2.24) is 10.2 Å². The van der Waals surface area contributed by atoms with E-state index in [0.717, 1.165) is 13.0 Å². The number of hydrogen-bond donors (Lipinski definition) is 2.